The van der Waals surface area contributed by atoms with Crippen molar-refractivity contribution in [2.24, 2.45) is 17.1 Å². The topological polar surface area (TPSA) is 504 Å². The van der Waals surface area contributed by atoms with Crippen molar-refractivity contribution in [2.45, 2.75) is 158 Å². The molecule has 8 unspecified atom stereocenters. The summed E-state index contributed by atoms with van der Waals surface area (Å²) in [5.74, 6) is -15.8. The van der Waals surface area contributed by atoms with Crippen molar-refractivity contribution < 1.29 is 118 Å². The second kappa shape index (κ2) is 30.2. The van der Waals surface area contributed by atoms with Gasteiger partial charge in [-0.25, -0.2) is 4.79 Å². The number of carbonyl (C=O) groups excluding carboxylic acids is 7. The lowest BCUT2D eigenvalue weighted by molar-refractivity contribution is -0.337. The zero-order chi connectivity index (χ0) is 73.5. The molecule has 12 rings (SSSR count). The Morgan fingerprint density at radius 1 is 0.703 bits per heavy atom. The number of carboxylic acid groups (broad SMARTS) is 1. The van der Waals surface area contributed by atoms with Crippen LogP contribution in [0.5, 0.6) is 46.0 Å². The highest BCUT2D eigenvalue weighted by Gasteiger charge is 2.51. The van der Waals surface area contributed by atoms with Crippen LogP contribution in [0.2, 0.25) is 10.0 Å². The fourth-order valence-corrected chi connectivity index (χ4v) is 13.1. The van der Waals surface area contributed by atoms with E-state index in [-0.39, 0.29) is 52.0 Å². The van der Waals surface area contributed by atoms with E-state index in [1.54, 1.807) is 20.8 Å². The van der Waals surface area contributed by atoms with Gasteiger partial charge in [0.05, 0.1) is 41.3 Å². The van der Waals surface area contributed by atoms with E-state index in [0.717, 1.165) is 66.7 Å². The first-order valence-electron chi connectivity index (χ1n) is 31.8. The van der Waals surface area contributed by atoms with Gasteiger partial charge in [0.15, 0.2) is 29.9 Å². The number of aliphatic carboxylic acids is 1. The lowest BCUT2D eigenvalue weighted by atomic mass is 9.78. The number of ether oxygens (including phenoxy) is 6. The SMILES string of the molecule is CN[C@H](CC(C)C)C(=O)N[C@H]1C(=O)N[C@@H](CC(N)=O)C(=O)N[C@H]2C(=O)N[C@H]3C(=O)N[C@H](C(=O)N[C@H](C(=O)O)c4cc(O)cc(O)c4-c4cc3ccc4O)[C@H](O)c3ccc(c(Cl)c3)Oc3cc2cc(c3OC2OC(CO)C(O)C(O)C2OC2CC(C)(C)C(O)C(C)O2)Oc2ccc(cc2Cl)[C@H]1O. The zero-order valence-electron chi connectivity index (χ0n) is 54.7. The van der Waals surface area contributed by atoms with Crippen LogP contribution in [-0.2, 0) is 52.6 Å². The number of amides is 7. The number of primary amides is 1. The molecule has 2 fully saturated rings. The van der Waals surface area contributed by atoms with Gasteiger partial charge < -0.3 is 122 Å². The van der Waals surface area contributed by atoms with Crippen molar-refractivity contribution in [1.29, 1.82) is 0 Å². The van der Waals surface area contributed by atoms with Gasteiger partial charge in [-0.2, -0.15) is 0 Å². The molecule has 0 spiro atoms. The van der Waals surface area contributed by atoms with Crippen molar-refractivity contribution in [3.63, 3.8) is 0 Å². The van der Waals surface area contributed by atoms with Crippen LogP contribution in [0, 0.1) is 11.3 Å². The minimum Gasteiger partial charge on any atom is -0.508 e. The van der Waals surface area contributed by atoms with E-state index < -0.39 is 231 Å². The van der Waals surface area contributed by atoms with E-state index in [9.17, 15) is 75.0 Å². The number of rotatable bonds is 13. The van der Waals surface area contributed by atoms with Crippen LogP contribution in [0.3, 0.4) is 0 Å². The average molecular weight is 1450 g/mol. The summed E-state index contributed by atoms with van der Waals surface area (Å²) >= 11 is 14.1. The van der Waals surface area contributed by atoms with Crippen LogP contribution in [0.25, 0.3) is 11.1 Å². The van der Waals surface area contributed by atoms with Crippen molar-refractivity contribution in [3.05, 3.63) is 117 Å². The summed E-state index contributed by atoms with van der Waals surface area (Å²) in [6, 6.07) is -0.504. The molecule has 34 heteroatoms. The van der Waals surface area contributed by atoms with Gasteiger partial charge in [0.1, 0.15) is 89.5 Å². The van der Waals surface area contributed by atoms with E-state index in [1.165, 1.54) is 19.2 Å². The minimum absolute atomic E-state index is 0.0216. The van der Waals surface area contributed by atoms with Gasteiger partial charge in [-0.3, -0.25) is 33.6 Å². The van der Waals surface area contributed by atoms with Gasteiger partial charge in [-0.05, 0) is 109 Å². The van der Waals surface area contributed by atoms with Crippen LogP contribution in [0.15, 0.2) is 78.9 Å². The molecule has 5 aromatic carbocycles. The molecule has 32 nitrogen and oxygen atoms in total. The number of phenolic OH excluding ortho intramolecular Hbond substituents is 3. The maximum Gasteiger partial charge on any atom is 0.330 e. The van der Waals surface area contributed by atoms with Crippen LogP contribution < -0.4 is 57.2 Å². The summed E-state index contributed by atoms with van der Waals surface area (Å²) in [6.07, 6.45) is -17.6. The molecule has 101 heavy (non-hydrogen) atoms. The molecule has 0 saturated carbocycles. The number of fused-ring (bicyclic) bond motifs is 15. The standard InChI is InChI=1S/C67H76Cl2N8O24/c1-24(2)13-35(71-6)59(88)76-50-52(83)27-8-11-39(33(68)15-27)97-41-17-29-18-42(56(41)101-66-57(55(86)54(85)43(23-78)99-66)100-45-22-67(4,5)58(87)25(3)96-45)98-40-12-9-28(16-34(40)69)53(84)51-64(93)75-49(65(94)95)32-19-30(79)20-38(81)46(32)31-14-26(7-10-37(31)80)47(61(90)77-51)74-62(91)48(29)73-60(89)36(21-44(70)82)72-63(50)92/h7-12,14-20,24-25,35-36,43,45,47-55,57-58,66,71,78-81,83-87H,13,21-23H2,1-6H3,(H2,70,82)(H,72,92)(H,73,89)(H,74,91)(H,75,93)(H,76,88)(H,77,90)(H,94,95)/t25?,35-,36+,43?,45?,47-,48-,49+,50-,51+,52-,53-,54?,55?,57?,58?,66?/m1/s1. The van der Waals surface area contributed by atoms with Crippen LogP contribution in [0.1, 0.15) is 112 Å². The maximum atomic E-state index is 16.0. The summed E-state index contributed by atoms with van der Waals surface area (Å²) in [6.45, 7) is 7.72. The Hall–Kier alpha value is -9.16. The molecule has 7 heterocycles. The van der Waals surface area contributed by atoms with Crippen LogP contribution in [-0.4, -0.2) is 185 Å². The molecule has 5 aromatic rings. The molecule has 19 N–H and O–H groups in total. The van der Waals surface area contributed by atoms with Gasteiger partial charge in [0.25, 0.3) is 0 Å². The van der Waals surface area contributed by atoms with Crippen molar-refractivity contribution in [1.82, 2.24) is 37.2 Å². The van der Waals surface area contributed by atoms with E-state index in [2.05, 4.69) is 37.2 Å². The highest BCUT2D eigenvalue weighted by Crippen LogP contribution is 2.50. The third-order valence-electron chi connectivity index (χ3n) is 18.0. The highest BCUT2D eigenvalue weighted by molar-refractivity contribution is 6.32. The molecule has 7 amide bonds. The van der Waals surface area contributed by atoms with Crippen molar-refractivity contribution >= 4 is 70.5 Å². The summed E-state index contributed by atoms with van der Waals surface area (Å²) in [5.41, 5.74) is 2.06. The molecule has 0 aliphatic carbocycles. The highest BCUT2D eigenvalue weighted by atomic mass is 35.5. The molecule has 7 aliphatic rings. The summed E-state index contributed by atoms with van der Waals surface area (Å²) in [5, 5.41) is 131. The van der Waals surface area contributed by atoms with E-state index >= 15 is 14.4 Å². The van der Waals surface area contributed by atoms with Crippen LogP contribution >= 0.6 is 23.2 Å². The second-order valence-electron chi connectivity index (χ2n) is 26.2. The number of benzene rings is 5. The number of nitrogens with one attached hydrogen (secondary N) is 7. The Kier molecular flexibility index (Phi) is 22.3. The number of nitrogens with two attached hydrogens (primary N) is 1. The summed E-state index contributed by atoms with van der Waals surface area (Å²) in [4.78, 5) is 117. The normalized spacial score (nSPS) is 28.5. The lowest BCUT2D eigenvalue weighted by Gasteiger charge is -2.47. The van der Waals surface area contributed by atoms with Crippen molar-refractivity contribution in [3.8, 4) is 57.1 Å². The molecule has 7 aliphatic heterocycles. The molecular formula is C67H76Cl2N8O24. The van der Waals surface area contributed by atoms with Crippen LogP contribution in [0.4, 0.5) is 0 Å². The number of aromatic hydroxyl groups is 3. The Bertz CT molecular complexity index is 4070. The number of aliphatic hydroxyl groups excluding tert-OH is 6. The number of carboxylic acids is 1. The first-order valence-corrected chi connectivity index (χ1v) is 32.6. The quantitative estimate of drug-likeness (QED) is 0.0792. The summed E-state index contributed by atoms with van der Waals surface area (Å²) in [7, 11) is 1.48. The summed E-state index contributed by atoms with van der Waals surface area (Å²) < 4.78 is 38.6. The Labute approximate surface area is 585 Å². The maximum absolute atomic E-state index is 16.0. The largest absolute Gasteiger partial charge is 0.508 e. The van der Waals surface area contributed by atoms with Gasteiger partial charge in [0.2, 0.25) is 53.4 Å². The molecule has 17 atom stereocenters. The first-order chi connectivity index (χ1) is 47.7. The number of likely N-dealkylation sites (N-methyl/N-ethyl adjacent to an activating group) is 1. The molecular weight excluding hydrogens is 1370 g/mol. The van der Waals surface area contributed by atoms with Gasteiger partial charge >= 0.3 is 5.97 Å². The Morgan fingerprint density at radius 3 is 1.89 bits per heavy atom. The molecule has 542 valence electrons. The Morgan fingerprint density at radius 2 is 1.31 bits per heavy atom. The van der Waals surface area contributed by atoms with E-state index in [0.29, 0.717) is 0 Å². The number of hydrogen-bond acceptors (Lipinski definition) is 24. The fourth-order valence-electron chi connectivity index (χ4n) is 12.7. The average Bonchev–Trinajstić information content (AvgIpc) is 0.775. The fraction of sp³-hybridized carbons (Fsp3) is 0.433. The Balaban J connectivity index is 1.24. The van der Waals surface area contributed by atoms with E-state index in [4.69, 9.17) is 57.4 Å². The monoisotopic (exact) mass is 1450 g/mol. The number of hydrogen-bond donors (Lipinski definition) is 18. The predicted octanol–water partition coefficient (Wildman–Crippen LogP) is 1.42. The molecule has 11 bridgehead atoms. The predicted molar refractivity (Wildman–Crippen MR) is 350 cm³/mol. The third-order valence-corrected chi connectivity index (χ3v) is 18.6. The molecule has 0 radical (unpaired) electrons. The first kappa shape index (κ1) is 74.5. The van der Waals surface area contributed by atoms with Gasteiger partial charge in [-0.1, -0.05) is 69.1 Å². The number of phenols is 3. The molecule has 0 aromatic heterocycles. The number of carbonyl (C=O) groups is 8. The molecule has 2 saturated heterocycles. The number of aliphatic hydroxyl groups is 6. The third kappa shape index (κ3) is 15.8. The van der Waals surface area contributed by atoms with Crippen molar-refractivity contribution in [2.75, 3.05) is 13.7 Å². The zero-order valence-corrected chi connectivity index (χ0v) is 56.3. The smallest absolute Gasteiger partial charge is 0.330 e. The van der Waals surface area contributed by atoms with Gasteiger partial charge in [-0.15, -0.1) is 0 Å². The lowest BCUT2D eigenvalue weighted by Crippen LogP contribution is -2.62. The second-order valence-corrected chi connectivity index (χ2v) is 27.0. The van der Waals surface area contributed by atoms with E-state index in [1.807, 2.05) is 13.8 Å². The number of halogens is 2. The van der Waals surface area contributed by atoms with Gasteiger partial charge in [0, 0.05) is 29.2 Å². The minimum atomic E-state index is -2.33.